The quantitative estimate of drug-likeness (QED) is 0.713. The molecular formula is C15H24N4O. The van der Waals surface area contributed by atoms with E-state index in [0.717, 1.165) is 12.2 Å². The van der Waals surface area contributed by atoms with Crippen LogP contribution in [-0.2, 0) is 0 Å². The zero-order valence-electron chi connectivity index (χ0n) is 12.5. The van der Waals surface area contributed by atoms with Gasteiger partial charge in [-0.05, 0) is 51.6 Å². The van der Waals surface area contributed by atoms with Crippen molar-refractivity contribution in [1.29, 1.82) is 0 Å². The van der Waals surface area contributed by atoms with Crippen LogP contribution in [0.2, 0.25) is 0 Å². The van der Waals surface area contributed by atoms with E-state index in [9.17, 15) is 4.79 Å². The summed E-state index contributed by atoms with van der Waals surface area (Å²) in [5.41, 5.74) is 8.33. The summed E-state index contributed by atoms with van der Waals surface area (Å²) in [7, 11) is 5.86. The number of nitrogens with one attached hydrogen (secondary N) is 2. The molecule has 4 N–H and O–H groups in total. The molecule has 1 aliphatic rings. The molecule has 1 aliphatic carbocycles. The molecule has 0 saturated heterocycles. The SMILES string of the molecule is CNC(=O)c1ccc(N)c(NCC2(N(C)C)CCC2)c1. The van der Waals surface area contributed by atoms with Gasteiger partial charge in [0, 0.05) is 24.7 Å². The number of carbonyl (C=O) groups excluding carboxylic acids is 1. The molecule has 5 nitrogen and oxygen atoms in total. The van der Waals surface area contributed by atoms with Gasteiger partial charge in [-0.2, -0.15) is 0 Å². The van der Waals surface area contributed by atoms with Crippen molar-refractivity contribution < 1.29 is 4.79 Å². The minimum atomic E-state index is -0.0981. The van der Waals surface area contributed by atoms with Crippen LogP contribution >= 0.6 is 0 Å². The lowest BCUT2D eigenvalue weighted by Gasteiger charge is -2.47. The molecule has 1 aromatic rings. The lowest BCUT2D eigenvalue weighted by molar-refractivity contribution is 0.0739. The van der Waals surface area contributed by atoms with Crippen LogP contribution < -0.4 is 16.4 Å². The minimum Gasteiger partial charge on any atom is -0.397 e. The number of nitrogens with zero attached hydrogens (tertiary/aromatic N) is 1. The van der Waals surface area contributed by atoms with Crippen LogP contribution in [0.25, 0.3) is 0 Å². The summed E-state index contributed by atoms with van der Waals surface area (Å²) < 4.78 is 0. The molecule has 0 radical (unpaired) electrons. The van der Waals surface area contributed by atoms with Gasteiger partial charge in [-0.25, -0.2) is 0 Å². The third-order valence-electron chi connectivity index (χ3n) is 4.38. The van der Waals surface area contributed by atoms with Gasteiger partial charge >= 0.3 is 0 Å². The highest BCUT2D eigenvalue weighted by molar-refractivity contribution is 5.96. The van der Waals surface area contributed by atoms with Gasteiger partial charge in [-0.1, -0.05) is 0 Å². The van der Waals surface area contributed by atoms with Crippen molar-refractivity contribution in [2.24, 2.45) is 0 Å². The highest BCUT2D eigenvalue weighted by atomic mass is 16.1. The highest BCUT2D eigenvalue weighted by Gasteiger charge is 2.38. The number of rotatable bonds is 5. The first-order chi connectivity index (χ1) is 9.48. The summed E-state index contributed by atoms with van der Waals surface area (Å²) in [5.74, 6) is -0.0981. The Kier molecular flexibility index (Phi) is 4.18. The van der Waals surface area contributed by atoms with Crippen LogP contribution in [0.15, 0.2) is 18.2 Å². The zero-order chi connectivity index (χ0) is 14.8. The van der Waals surface area contributed by atoms with E-state index in [1.165, 1.54) is 19.3 Å². The van der Waals surface area contributed by atoms with E-state index in [0.29, 0.717) is 11.3 Å². The van der Waals surface area contributed by atoms with Crippen LogP contribution in [-0.4, -0.2) is 44.0 Å². The normalized spacial score (nSPS) is 16.6. The number of hydrogen-bond donors (Lipinski definition) is 3. The van der Waals surface area contributed by atoms with E-state index in [4.69, 9.17) is 5.73 Å². The van der Waals surface area contributed by atoms with E-state index in [-0.39, 0.29) is 11.4 Å². The van der Waals surface area contributed by atoms with E-state index in [1.807, 2.05) is 6.07 Å². The smallest absolute Gasteiger partial charge is 0.251 e. The summed E-state index contributed by atoms with van der Waals surface area (Å²) >= 11 is 0. The number of amides is 1. The van der Waals surface area contributed by atoms with Gasteiger partial charge in [-0.15, -0.1) is 0 Å². The van der Waals surface area contributed by atoms with E-state index < -0.39 is 0 Å². The van der Waals surface area contributed by atoms with Crippen molar-refractivity contribution in [1.82, 2.24) is 10.2 Å². The summed E-state index contributed by atoms with van der Waals surface area (Å²) in [4.78, 5) is 13.9. The fraction of sp³-hybridized carbons (Fsp3) is 0.533. The van der Waals surface area contributed by atoms with Gasteiger partial charge < -0.3 is 21.3 Å². The van der Waals surface area contributed by atoms with Crippen molar-refractivity contribution >= 4 is 17.3 Å². The Labute approximate surface area is 120 Å². The number of carbonyl (C=O) groups is 1. The molecule has 0 aliphatic heterocycles. The van der Waals surface area contributed by atoms with E-state index >= 15 is 0 Å². The Hall–Kier alpha value is -1.75. The molecule has 1 saturated carbocycles. The molecule has 1 amide bonds. The number of anilines is 2. The van der Waals surface area contributed by atoms with Crippen molar-refractivity contribution in [3.8, 4) is 0 Å². The fourth-order valence-corrected chi connectivity index (χ4v) is 2.62. The monoisotopic (exact) mass is 276 g/mol. The van der Waals surface area contributed by atoms with Gasteiger partial charge in [0.05, 0.1) is 11.4 Å². The highest BCUT2D eigenvalue weighted by Crippen LogP contribution is 2.36. The molecule has 0 heterocycles. The maximum absolute atomic E-state index is 11.7. The second kappa shape index (κ2) is 5.71. The van der Waals surface area contributed by atoms with Crippen LogP contribution in [0.1, 0.15) is 29.6 Å². The molecule has 5 heteroatoms. The average Bonchev–Trinajstić information content (AvgIpc) is 2.38. The van der Waals surface area contributed by atoms with Gasteiger partial charge in [0.1, 0.15) is 0 Å². The van der Waals surface area contributed by atoms with Crippen LogP contribution in [0.5, 0.6) is 0 Å². The van der Waals surface area contributed by atoms with Crippen LogP contribution in [0.3, 0.4) is 0 Å². The first-order valence-corrected chi connectivity index (χ1v) is 7.01. The van der Waals surface area contributed by atoms with Crippen LogP contribution in [0.4, 0.5) is 11.4 Å². The largest absolute Gasteiger partial charge is 0.397 e. The summed E-state index contributed by atoms with van der Waals surface area (Å²) in [6, 6.07) is 5.33. The Morgan fingerprint density at radius 1 is 1.40 bits per heavy atom. The Morgan fingerprint density at radius 2 is 2.10 bits per heavy atom. The number of benzene rings is 1. The average molecular weight is 276 g/mol. The zero-order valence-corrected chi connectivity index (χ0v) is 12.5. The molecule has 0 unspecified atom stereocenters. The molecule has 0 bridgehead atoms. The maximum Gasteiger partial charge on any atom is 0.251 e. The molecule has 1 aromatic carbocycles. The van der Waals surface area contributed by atoms with Gasteiger partial charge in [0.25, 0.3) is 5.91 Å². The first kappa shape index (κ1) is 14.7. The van der Waals surface area contributed by atoms with E-state index in [1.54, 1.807) is 19.2 Å². The standard InChI is InChI=1S/C15H24N4O/c1-17-14(20)11-5-6-12(16)13(9-11)18-10-15(19(2)3)7-4-8-15/h5-6,9,18H,4,7-8,10,16H2,1-3H3,(H,17,20). The number of likely N-dealkylation sites (N-methyl/N-ethyl adjacent to an activating group) is 1. The third-order valence-corrected chi connectivity index (χ3v) is 4.38. The predicted molar refractivity (Wildman–Crippen MR) is 83.0 cm³/mol. The lowest BCUT2D eigenvalue weighted by Crippen LogP contribution is -2.54. The molecule has 20 heavy (non-hydrogen) atoms. The van der Waals surface area contributed by atoms with Crippen molar-refractivity contribution in [2.45, 2.75) is 24.8 Å². The van der Waals surface area contributed by atoms with E-state index in [2.05, 4.69) is 29.6 Å². The number of nitrogens with two attached hydrogens (primary N) is 1. The van der Waals surface area contributed by atoms with Gasteiger partial charge in [0.15, 0.2) is 0 Å². The second-order valence-electron chi connectivity index (χ2n) is 5.71. The predicted octanol–water partition coefficient (Wildman–Crippen LogP) is 1.52. The summed E-state index contributed by atoms with van der Waals surface area (Å²) in [5, 5.41) is 6.03. The topological polar surface area (TPSA) is 70.4 Å². The molecule has 0 atom stereocenters. The Morgan fingerprint density at radius 3 is 2.60 bits per heavy atom. The van der Waals surface area contributed by atoms with Crippen molar-refractivity contribution in [2.75, 3.05) is 38.7 Å². The Balaban J connectivity index is 2.11. The molecule has 2 rings (SSSR count). The first-order valence-electron chi connectivity index (χ1n) is 7.01. The molecular weight excluding hydrogens is 252 g/mol. The fourth-order valence-electron chi connectivity index (χ4n) is 2.62. The minimum absolute atomic E-state index is 0.0981. The summed E-state index contributed by atoms with van der Waals surface area (Å²) in [6.07, 6.45) is 3.66. The molecule has 0 spiro atoms. The Bertz CT molecular complexity index is 495. The number of hydrogen-bond acceptors (Lipinski definition) is 4. The number of nitrogen functional groups attached to an aromatic ring is 1. The van der Waals surface area contributed by atoms with Crippen molar-refractivity contribution in [3.05, 3.63) is 23.8 Å². The van der Waals surface area contributed by atoms with Gasteiger partial charge in [-0.3, -0.25) is 4.79 Å². The van der Waals surface area contributed by atoms with Crippen LogP contribution in [0, 0.1) is 0 Å². The third kappa shape index (κ3) is 2.72. The molecule has 0 aromatic heterocycles. The van der Waals surface area contributed by atoms with Gasteiger partial charge in [0.2, 0.25) is 0 Å². The summed E-state index contributed by atoms with van der Waals surface area (Å²) in [6.45, 7) is 0.849. The second-order valence-corrected chi connectivity index (χ2v) is 5.71. The maximum atomic E-state index is 11.7. The molecule has 1 fully saturated rings. The van der Waals surface area contributed by atoms with Crippen molar-refractivity contribution in [3.63, 3.8) is 0 Å². The lowest BCUT2D eigenvalue weighted by atomic mass is 9.75. The molecule has 110 valence electrons.